The van der Waals surface area contributed by atoms with Crippen molar-refractivity contribution < 1.29 is 0 Å². The van der Waals surface area contributed by atoms with E-state index < -0.39 is 0 Å². The van der Waals surface area contributed by atoms with E-state index in [1.165, 1.54) is 5.39 Å². The second-order valence-electron chi connectivity index (χ2n) is 14.6. The summed E-state index contributed by atoms with van der Waals surface area (Å²) >= 11 is 0. The van der Waals surface area contributed by atoms with E-state index in [0.29, 0.717) is 23.2 Å². The molecule has 0 aliphatic carbocycles. The number of hydrogen-bond acceptors (Lipinski definition) is 5. The molecule has 6 nitrogen and oxygen atoms in total. The van der Waals surface area contributed by atoms with E-state index in [4.69, 9.17) is 24.9 Å². The summed E-state index contributed by atoms with van der Waals surface area (Å²) in [5.74, 6) is 1.79. The van der Waals surface area contributed by atoms with Crippen LogP contribution in [0.2, 0.25) is 0 Å². The summed E-state index contributed by atoms with van der Waals surface area (Å²) in [5.41, 5.74) is 10.7. The van der Waals surface area contributed by atoms with Crippen molar-refractivity contribution in [2.75, 3.05) is 0 Å². The lowest BCUT2D eigenvalue weighted by Crippen LogP contribution is -2.04. The Morgan fingerprint density at radius 1 is 0.271 bits per heavy atom. The summed E-state index contributed by atoms with van der Waals surface area (Å²) in [5, 5.41) is 4.63. The zero-order chi connectivity index (χ0) is 39.1. The molecule has 0 saturated carbocycles. The van der Waals surface area contributed by atoms with Crippen molar-refractivity contribution in [3.63, 3.8) is 0 Å². The fourth-order valence-electron chi connectivity index (χ4n) is 7.94. The molecule has 0 aliphatic rings. The van der Waals surface area contributed by atoms with Crippen molar-refractivity contribution in [3.05, 3.63) is 206 Å². The van der Waals surface area contributed by atoms with Gasteiger partial charge in [0.05, 0.1) is 33.8 Å². The average molecular weight is 755 g/mol. The van der Waals surface area contributed by atoms with Crippen LogP contribution in [0.5, 0.6) is 0 Å². The van der Waals surface area contributed by atoms with Gasteiger partial charge in [-0.1, -0.05) is 164 Å². The van der Waals surface area contributed by atoms with Gasteiger partial charge in [-0.05, 0) is 53.2 Å². The van der Waals surface area contributed by atoms with Gasteiger partial charge in [-0.25, -0.2) is 24.9 Å². The van der Waals surface area contributed by atoms with Gasteiger partial charge in [0.2, 0.25) is 0 Å². The molecule has 0 saturated heterocycles. The van der Waals surface area contributed by atoms with Gasteiger partial charge in [-0.15, -0.1) is 0 Å². The number of nitrogens with zero attached hydrogens (tertiary/aromatic N) is 6. The Hall–Kier alpha value is -8.09. The summed E-state index contributed by atoms with van der Waals surface area (Å²) in [6, 6.07) is 70.8. The molecule has 0 fully saturated rings. The molecule has 59 heavy (non-hydrogen) atoms. The van der Waals surface area contributed by atoms with Crippen LogP contribution >= 0.6 is 0 Å². The summed E-state index contributed by atoms with van der Waals surface area (Å²) in [6.07, 6.45) is 0. The van der Waals surface area contributed by atoms with Gasteiger partial charge in [0.1, 0.15) is 11.5 Å². The van der Waals surface area contributed by atoms with E-state index in [1.54, 1.807) is 0 Å². The zero-order valence-corrected chi connectivity index (χ0v) is 31.8. The van der Waals surface area contributed by atoms with Crippen LogP contribution in [0, 0.1) is 0 Å². The Kier molecular flexibility index (Phi) is 8.37. The van der Waals surface area contributed by atoms with Crippen molar-refractivity contribution in [1.29, 1.82) is 0 Å². The molecule has 0 atom stereocenters. The minimum Gasteiger partial charge on any atom is -0.294 e. The number of fused-ring (bicyclic) bond motifs is 4. The Balaban J connectivity index is 1.22. The fourth-order valence-corrected chi connectivity index (χ4v) is 7.94. The second kappa shape index (κ2) is 14.4. The fraction of sp³-hybridized carbons (Fsp3) is 0. The van der Waals surface area contributed by atoms with Crippen LogP contribution in [0.1, 0.15) is 0 Å². The van der Waals surface area contributed by atoms with Crippen LogP contribution in [-0.4, -0.2) is 29.5 Å². The zero-order valence-electron chi connectivity index (χ0n) is 31.8. The van der Waals surface area contributed by atoms with Crippen LogP contribution in [0.15, 0.2) is 206 Å². The van der Waals surface area contributed by atoms with Gasteiger partial charge in [-0.2, -0.15) is 0 Å². The van der Waals surface area contributed by atoms with E-state index in [-0.39, 0.29) is 0 Å². The number of benzene rings is 7. The number of aromatic nitrogens is 6. The molecule has 4 aromatic heterocycles. The molecule has 0 aliphatic heterocycles. The monoisotopic (exact) mass is 754 g/mol. The molecular weight excluding hydrogens is 721 g/mol. The van der Waals surface area contributed by atoms with E-state index >= 15 is 0 Å². The smallest absolute Gasteiger partial charge is 0.179 e. The predicted octanol–water partition coefficient (Wildman–Crippen LogP) is 12.9. The maximum absolute atomic E-state index is 5.47. The molecule has 0 unspecified atom stereocenters. The lowest BCUT2D eigenvalue weighted by molar-refractivity contribution is 1.06. The number of para-hydroxylation sites is 1. The molecule has 0 bridgehead atoms. The van der Waals surface area contributed by atoms with E-state index in [2.05, 4.69) is 132 Å². The largest absolute Gasteiger partial charge is 0.294 e. The van der Waals surface area contributed by atoms with Crippen LogP contribution in [0.25, 0.3) is 106 Å². The van der Waals surface area contributed by atoms with E-state index in [1.807, 2.05) is 78.9 Å². The van der Waals surface area contributed by atoms with Crippen molar-refractivity contribution in [3.8, 4) is 73.8 Å². The van der Waals surface area contributed by atoms with Gasteiger partial charge in [0.25, 0.3) is 0 Å². The Labute approximate surface area is 340 Å². The standard InChI is InChI=1S/C53H34N6/c1-5-17-35(18-6-1)44-33-45(36-19-7-2-8-20-36)56-52(55-44)41-30-48(53-57-46(37-21-9-3-10-22-37)34-47(58-53)38-23-11-4-12-24-38)54-51(32-41)59-49-28-16-15-27-42(49)43-29-39-25-13-14-26-40(39)31-50(43)59/h1-34H. The second-order valence-corrected chi connectivity index (χ2v) is 14.6. The number of pyridine rings is 1. The molecule has 0 amide bonds. The first kappa shape index (κ1) is 34.2. The summed E-state index contributed by atoms with van der Waals surface area (Å²) < 4.78 is 2.25. The van der Waals surface area contributed by atoms with Gasteiger partial charge < -0.3 is 0 Å². The van der Waals surface area contributed by atoms with Gasteiger partial charge in [0, 0.05) is 38.6 Å². The van der Waals surface area contributed by atoms with Crippen LogP contribution in [0.4, 0.5) is 0 Å². The predicted molar refractivity (Wildman–Crippen MR) is 240 cm³/mol. The highest BCUT2D eigenvalue weighted by Gasteiger charge is 2.20. The first-order valence-corrected chi connectivity index (χ1v) is 19.7. The lowest BCUT2D eigenvalue weighted by Gasteiger charge is -2.14. The highest BCUT2D eigenvalue weighted by molar-refractivity contribution is 6.13. The molecule has 0 N–H and O–H groups in total. The van der Waals surface area contributed by atoms with Crippen molar-refractivity contribution in [2.45, 2.75) is 0 Å². The first-order chi connectivity index (χ1) is 29.2. The van der Waals surface area contributed by atoms with E-state index in [0.717, 1.165) is 77.8 Å². The lowest BCUT2D eigenvalue weighted by atomic mass is 10.1. The van der Waals surface area contributed by atoms with Crippen molar-refractivity contribution in [2.24, 2.45) is 0 Å². The summed E-state index contributed by atoms with van der Waals surface area (Å²) in [6.45, 7) is 0. The Morgan fingerprint density at radius 2 is 0.712 bits per heavy atom. The van der Waals surface area contributed by atoms with Crippen LogP contribution < -0.4 is 0 Å². The molecule has 11 rings (SSSR count). The molecule has 0 radical (unpaired) electrons. The molecule has 11 aromatic rings. The molecule has 0 spiro atoms. The Morgan fingerprint density at radius 3 is 1.24 bits per heavy atom. The van der Waals surface area contributed by atoms with Gasteiger partial charge in [0.15, 0.2) is 11.6 Å². The van der Waals surface area contributed by atoms with Crippen LogP contribution in [-0.2, 0) is 0 Å². The summed E-state index contributed by atoms with van der Waals surface area (Å²) in [7, 11) is 0. The SMILES string of the molecule is c1ccc(-c2cc(-c3ccccc3)nc(-c3cc(-c4nc(-c5ccccc5)cc(-c5ccccc5)n4)nc(-n4c5ccccc5c5cc6ccccc6cc54)c3)n2)cc1. The van der Waals surface area contributed by atoms with Crippen LogP contribution in [0.3, 0.4) is 0 Å². The third-order valence-corrected chi connectivity index (χ3v) is 10.8. The number of rotatable bonds is 7. The minimum absolute atomic E-state index is 0.502. The normalized spacial score (nSPS) is 11.4. The third-order valence-electron chi connectivity index (χ3n) is 10.8. The third kappa shape index (κ3) is 6.39. The highest BCUT2D eigenvalue weighted by atomic mass is 15.1. The highest BCUT2D eigenvalue weighted by Crippen LogP contribution is 2.37. The quantitative estimate of drug-likeness (QED) is 0.162. The Bertz CT molecular complexity index is 3050. The molecular formula is C53H34N6. The number of hydrogen-bond donors (Lipinski definition) is 0. The molecule has 276 valence electrons. The maximum atomic E-state index is 5.47. The van der Waals surface area contributed by atoms with E-state index in [9.17, 15) is 0 Å². The molecule has 6 heteroatoms. The van der Waals surface area contributed by atoms with Crippen molar-refractivity contribution >= 4 is 32.6 Å². The maximum Gasteiger partial charge on any atom is 0.179 e. The van der Waals surface area contributed by atoms with Crippen molar-refractivity contribution in [1.82, 2.24) is 29.5 Å². The molecule has 4 heterocycles. The average Bonchev–Trinajstić information content (AvgIpc) is 3.64. The first-order valence-electron chi connectivity index (χ1n) is 19.7. The summed E-state index contributed by atoms with van der Waals surface area (Å²) in [4.78, 5) is 26.4. The van der Waals surface area contributed by atoms with Gasteiger partial charge in [-0.3, -0.25) is 4.57 Å². The van der Waals surface area contributed by atoms with Gasteiger partial charge >= 0.3 is 0 Å². The molecule has 7 aromatic carbocycles. The minimum atomic E-state index is 0.502. The topological polar surface area (TPSA) is 69.4 Å².